The third-order valence-electron chi connectivity index (χ3n) is 5.70. The maximum Gasteiger partial charge on any atom is 0.301 e. The molecular weight excluding hydrogens is 554 g/mol. The highest BCUT2D eigenvalue weighted by Crippen LogP contribution is 2.44. The van der Waals surface area contributed by atoms with Crippen molar-refractivity contribution in [2.24, 2.45) is 0 Å². The zero-order valence-electron chi connectivity index (χ0n) is 18.5. The molecule has 0 bridgehead atoms. The van der Waals surface area contributed by atoms with Crippen LogP contribution >= 0.6 is 38.9 Å². The number of aryl methyl sites for hydroxylation is 1. The topological polar surface area (TPSA) is 92.6 Å². The van der Waals surface area contributed by atoms with Gasteiger partial charge in [-0.15, -0.1) is 0 Å². The molecule has 3 heterocycles. The number of aromatic nitrogens is 2. The van der Waals surface area contributed by atoms with Crippen molar-refractivity contribution in [1.29, 1.82) is 0 Å². The van der Waals surface area contributed by atoms with Crippen LogP contribution in [0.5, 0.6) is 5.75 Å². The number of amides is 1. The number of halogens is 2. The van der Waals surface area contributed by atoms with Gasteiger partial charge in [0.2, 0.25) is 0 Å². The molecule has 0 saturated carbocycles. The van der Waals surface area contributed by atoms with Crippen LogP contribution < -0.4 is 9.64 Å². The molecule has 0 radical (unpaired) electrons. The fraction of sp³-hybridized carbons (Fsp3) is 0.120. The van der Waals surface area contributed by atoms with Crippen LogP contribution in [0.4, 0.5) is 5.13 Å². The van der Waals surface area contributed by atoms with Gasteiger partial charge < -0.3 is 9.84 Å². The number of anilines is 1. The Morgan fingerprint density at radius 1 is 1.20 bits per heavy atom. The van der Waals surface area contributed by atoms with Crippen LogP contribution in [-0.2, 0) is 9.59 Å². The summed E-state index contributed by atoms with van der Waals surface area (Å²) in [5, 5.41) is 12.1. The van der Waals surface area contributed by atoms with Gasteiger partial charge in [-0.05, 0) is 70.9 Å². The van der Waals surface area contributed by atoms with Crippen LogP contribution in [0.15, 0.2) is 64.8 Å². The van der Waals surface area contributed by atoms with Crippen LogP contribution in [0.1, 0.15) is 22.9 Å². The largest absolute Gasteiger partial charge is 0.507 e. The SMILES string of the molecule is COc1ccc(/C(O)=C2\C(=O)C(=O)N(c3nc4cc(Cl)c(C)cc4s3)C2c2ccccn2)cc1Br. The van der Waals surface area contributed by atoms with E-state index in [9.17, 15) is 14.7 Å². The number of fused-ring (bicyclic) bond motifs is 1. The number of carbonyl (C=O) groups is 2. The minimum atomic E-state index is -0.964. The molecule has 5 rings (SSSR count). The first-order chi connectivity index (χ1) is 16.8. The summed E-state index contributed by atoms with van der Waals surface area (Å²) in [5.74, 6) is -1.37. The first-order valence-electron chi connectivity index (χ1n) is 10.4. The first kappa shape index (κ1) is 23.5. The van der Waals surface area contributed by atoms with Gasteiger partial charge in [-0.25, -0.2) is 4.98 Å². The third-order valence-corrected chi connectivity index (χ3v) is 7.75. The summed E-state index contributed by atoms with van der Waals surface area (Å²) in [4.78, 5) is 36.9. The Balaban J connectivity index is 1.71. The van der Waals surface area contributed by atoms with E-state index in [4.69, 9.17) is 16.3 Å². The molecule has 2 aromatic heterocycles. The number of rotatable bonds is 4. The molecule has 0 aliphatic carbocycles. The summed E-state index contributed by atoms with van der Waals surface area (Å²) in [5.41, 5.74) is 2.20. The Labute approximate surface area is 217 Å². The number of pyridine rings is 1. The number of carbonyl (C=O) groups excluding carboxylic acids is 2. The highest BCUT2D eigenvalue weighted by Gasteiger charge is 2.48. The number of aliphatic hydroxyl groups is 1. The Morgan fingerprint density at radius 3 is 2.69 bits per heavy atom. The van der Waals surface area contributed by atoms with E-state index < -0.39 is 17.7 Å². The van der Waals surface area contributed by atoms with Crippen LogP contribution in [0.25, 0.3) is 16.0 Å². The second-order valence-corrected chi connectivity index (χ2v) is 10.1. The van der Waals surface area contributed by atoms with Crippen molar-refractivity contribution >= 4 is 71.7 Å². The number of nitrogens with zero attached hydrogens (tertiary/aromatic N) is 3. The molecule has 2 aromatic carbocycles. The summed E-state index contributed by atoms with van der Waals surface area (Å²) in [6, 6.07) is 12.7. The minimum absolute atomic E-state index is 0.0702. The molecule has 1 fully saturated rings. The number of benzene rings is 2. The van der Waals surface area contributed by atoms with Crippen molar-refractivity contribution in [1.82, 2.24) is 9.97 Å². The van der Waals surface area contributed by atoms with Gasteiger partial charge in [-0.3, -0.25) is 19.5 Å². The average molecular weight is 571 g/mol. The first-order valence-corrected chi connectivity index (χ1v) is 12.4. The molecule has 1 aliphatic heterocycles. The highest BCUT2D eigenvalue weighted by molar-refractivity contribution is 9.10. The quantitative estimate of drug-likeness (QED) is 0.182. The van der Waals surface area contributed by atoms with Gasteiger partial charge in [0.1, 0.15) is 17.6 Å². The van der Waals surface area contributed by atoms with E-state index >= 15 is 0 Å². The molecule has 7 nitrogen and oxygen atoms in total. The summed E-state index contributed by atoms with van der Waals surface area (Å²) >= 11 is 10.9. The predicted octanol–water partition coefficient (Wildman–Crippen LogP) is 6.05. The number of ketones is 1. The van der Waals surface area contributed by atoms with E-state index in [-0.39, 0.29) is 11.3 Å². The van der Waals surface area contributed by atoms with Gasteiger partial charge in [0, 0.05) is 16.8 Å². The fourth-order valence-corrected chi connectivity index (χ4v) is 5.73. The molecule has 35 heavy (non-hydrogen) atoms. The maximum absolute atomic E-state index is 13.3. The Bertz CT molecular complexity index is 1500. The van der Waals surface area contributed by atoms with Crippen LogP contribution in [0.2, 0.25) is 5.02 Å². The molecule has 4 aromatic rings. The summed E-state index contributed by atoms with van der Waals surface area (Å²) in [6.07, 6.45) is 1.57. The Kier molecular flexibility index (Phi) is 6.08. The third kappa shape index (κ3) is 3.99. The van der Waals surface area contributed by atoms with E-state index in [1.54, 1.807) is 48.7 Å². The van der Waals surface area contributed by atoms with Crippen molar-refractivity contribution in [3.05, 3.63) is 86.6 Å². The minimum Gasteiger partial charge on any atom is -0.507 e. The standard InChI is InChI=1S/C25H17BrClN3O4S/c1-12-9-19-17(11-15(12)27)29-25(35-19)30-21(16-5-3-4-8-28-16)20(23(32)24(30)33)22(31)13-6-7-18(34-2)14(26)10-13/h3-11,21,31H,1-2H3/b22-20+. The van der Waals surface area contributed by atoms with E-state index in [0.717, 1.165) is 10.3 Å². The van der Waals surface area contributed by atoms with Gasteiger partial charge >= 0.3 is 5.91 Å². The predicted molar refractivity (Wildman–Crippen MR) is 139 cm³/mol. The average Bonchev–Trinajstić information content (AvgIpc) is 3.37. The van der Waals surface area contributed by atoms with Crippen LogP contribution in [0, 0.1) is 6.92 Å². The van der Waals surface area contributed by atoms with E-state index in [2.05, 4.69) is 25.9 Å². The zero-order chi connectivity index (χ0) is 24.9. The van der Waals surface area contributed by atoms with Gasteiger partial charge in [0.25, 0.3) is 5.78 Å². The Morgan fingerprint density at radius 2 is 2.00 bits per heavy atom. The normalized spacial score (nSPS) is 17.4. The van der Waals surface area contributed by atoms with Gasteiger partial charge in [0.05, 0.1) is 33.1 Å². The van der Waals surface area contributed by atoms with E-state index in [1.807, 2.05) is 13.0 Å². The number of Topliss-reactive ketones (excluding diaryl/α,β-unsaturated/α-hetero) is 1. The lowest BCUT2D eigenvalue weighted by Crippen LogP contribution is -2.29. The monoisotopic (exact) mass is 569 g/mol. The van der Waals surface area contributed by atoms with Crippen molar-refractivity contribution in [3.63, 3.8) is 0 Å². The second kappa shape index (κ2) is 9.07. The second-order valence-electron chi connectivity index (χ2n) is 7.84. The number of hydrogen-bond acceptors (Lipinski definition) is 7. The van der Waals surface area contributed by atoms with Crippen LogP contribution in [0.3, 0.4) is 0 Å². The summed E-state index contributed by atoms with van der Waals surface area (Å²) < 4.78 is 6.67. The number of hydrogen-bond donors (Lipinski definition) is 1. The van der Waals surface area contributed by atoms with Gasteiger partial charge in [-0.2, -0.15) is 0 Å². The van der Waals surface area contributed by atoms with Crippen molar-refractivity contribution in [2.75, 3.05) is 12.0 Å². The molecule has 1 aliphatic rings. The van der Waals surface area contributed by atoms with E-state index in [1.165, 1.54) is 23.3 Å². The number of aliphatic hydroxyl groups excluding tert-OH is 1. The van der Waals surface area contributed by atoms with Crippen LogP contribution in [-0.4, -0.2) is 33.9 Å². The number of ether oxygens (including phenoxy) is 1. The molecule has 1 saturated heterocycles. The lowest BCUT2D eigenvalue weighted by Gasteiger charge is -2.22. The fourth-order valence-electron chi connectivity index (χ4n) is 3.96. The summed E-state index contributed by atoms with van der Waals surface area (Å²) in [7, 11) is 1.53. The molecule has 1 N–H and O–H groups in total. The summed E-state index contributed by atoms with van der Waals surface area (Å²) in [6.45, 7) is 1.88. The molecule has 10 heteroatoms. The van der Waals surface area contributed by atoms with Crippen molar-refractivity contribution in [2.45, 2.75) is 13.0 Å². The van der Waals surface area contributed by atoms with Gasteiger partial charge in [0.15, 0.2) is 5.13 Å². The zero-order valence-corrected chi connectivity index (χ0v) is 21.6. The number of methoxy groups -OCH3 is 1. The molecular formula is C25H17BrClN3O4S. The smallest absolute Gasteiger partial charge is 0.301 e. The van der Waals surface area contributed by atoms with Crippen molar-refractivity contribution in [3.8, 4) is 5.75 Å². The van der Waals surface area contributed by atoms with Gasteiger partial charge in [-0.1, -0.05) is 29.0 Å². The molecule has 1 amide bonds. The lowest BCUT2D eigenvalue weighted by molar-refractivity contribution is -0.132. The molecule has 1 atom stereocenters. The highest BCUT2D eigenvalue weighted by atomic mass is 79.9. The van der Waals surface area contributed by atoms with E-state index in [0.29, 0.717) is 37.2 Å². The Hall–Kier alpha value is -3.27. The molecule has 176 valence electrons. The molecule has 1 unspecified atom stereocenters. The van der Waals surface area contributed by atoms with Crippen molar-refractivity contribution < 1.29 is 19.4 Å². The molecule has 0 spiro atoms. The lowest BCUT2D eigenvalue weighted by atomic mass is 9.98. The maximum atomic E-state index is 13.3. The number of thiazole rings is 1.